The van der Waals surface area contributed by atoms with Gasteiger partial charge in [0.05, 0.1) is 35.0 Å². The summed E-state index contributed by atoms with van der Waals surface area (Å²) in [5.74, 6) is -1.26. The summed E-state index contributed by atoms with van der Waals surface area (Å²) in [5.41, 5.74) is 8.51. The van der Waals surface area contributed by atoms with Gasteiger partial charge in [-0.05, 0) is 26.8 Å². The summed E-state index contributed by atoms with van der Waals surface area (Å²) in [6, 6.07) is 13.1. The average molecular weight is 490 g/mol. The van der Waals surface area contributed by atoms with E-state index in [9.17, 15) is 14.9 Å². The number of benzene rings is 1. The number of carbonyl (C=O) groups is 2. The molecule has 178 valence electrons. The van der Waals surface area contributed by atoms with Crippen molar-refractivity contribution in [1.82, 2.24) is 14.8 Å². The molecule has 0 bridgehead atoms. The second-order valence-electron chi connectivity index (χ2n) is 7.90. The molecule has 3 heterocycles. The maximum absolute atomic E-state index is 13.3. The Bertz CT molecular complexity index is 1450. The molecule has 0 fully saturated rings. The topological polar surface area (TPSA) is 133 Å². The first-order valence-electron chi connectivity index (χ1n) is 10.9. The maximum atomic E-state index is 13.3. The molecule has 4 aromatic rings. The third-order valence-corrected chi connectivity index (χ3v) is 6.34. The molecule has 10 heteroatoms. The van der Waals surface area contributed by atoms with E-state index < -0.39 is 11.9 Å². The van der Waals surface area contributed by atoms with Crippen molar-refractivity contribution in [3.8, 4) is 17.3 Å². The average Bonchev–Trinajstić information content (AvgIpc) is 3.43. The van der Waals surface area contributed by atoms with Gasteiger partial charge in [-0.3, -0.25) is 0 Å². The number of nitrogen functional groups attached to an aromatic ring is 1. The third-order valence-electron chi connectivity index (χ3n) is 5.30. The fourth-order valence-electron chi connectivity index (χ4n) is 3.64. The number of esters is 2. The number of nitrogens with two attached hydrogens (primary N) is 1. The number of rotatable bonds is 7. The van der Waals surface area contributed by atoms with E-state index in [0.717, 1.165) is 16.9 Å². The van der Waals surface area contributed by atoms with Crippen LogP contribution in [0.3, 0.4) is 0 Å². The number of carbonyl (C=O) groups excluding carboxylic acids is 2. The molecule has 0 spiro atoms. The molecule has 0 amide bonds. The van der Waals surface area contributed by atoms with Crippen LogP contribution in [0.15, 0.2) is 42.6 Å². The van der Waals surface area contributed by atoms with Crippen LogP contribution in [-0.2, 0) is 16.1 Å². The van der Waals surface area contributed by atoms with Crippen LogP contribution < -0.4 is 5.73 Å². The normalized spacial score (nSPS) is 10.9. The van der Waals surface area contributed by atoms with Crippen molar-refractivity contribution in [2.24, 2.45) is 0 Å². The van der Waals surface area contributed by atoms with Crippen molar-refractivity contribution in [3.05, 3.63) is 64.2 Å². The Labute approximate surface area is 205 Å². The molecule has 9 nitrogen and oxygen atoms in total. The van der Waals surface area contributed by atoms with Gasteiger partial charge in [0, 0.05) is 17.2 Å². The van der Waals surface area contributed by atoms with Crippen molar-refractivity contribution < 1.29 is 19.1 Å². The number of hydrogen-bond acceptors (Lipinski definition) is 9. The second kappa shape index (κ2) is 9.95. The molecule has 0 aliphatic carbocycles. The number of thiophene rings is 1. The van der Waals surface area contributed by atoms with Gasteiger partial charge in [0.25, 0.3) is 0 Å². The van der Waals surface area contributed by atoms with E-state index in [1.165, 1.54) is 0 Å². The van der Waals surface area contributed by atoms with Crippen LogP contribution >= 0.6 is 11.3 Å². The zero-order valence-corrected chi connectivity index (χ0v) is 20.3. The molecule has 0 aliphatic heterocycles. The van der Waals surface area contributed by atoms with Crippen LogP contribution in [0.2, 0.25) is 0 Å². The zero-order chi connectivity index (χ0) is 25.1. The van der Waals surface area contributed by atoms with Gasteiger partial charge in [-0.15, -0.1) is 11.3 Å². The number of nitrogens with zero attached hydrogens (tertiary/aromatic N) is 4. The van der Waals surface area contributed by atoms with Gasteiger partial charge in [0.2, 0.25) is 0 Å². The minimum Gasteiger partial charge on any atom is -0.462 e. The lowest BCUT2D eigenvalue weighted by molar-refractivity contribution is 0.0454. The highest BCUT2D eigenvalue weighted by Crippen LogP contribution is 2.33. The summed E-state index contributed by atoms with van der Waals surface area (Å²) in [7, 11) is 0. The summed E-state index contributed by atoms with van der Waals surface area (Å²) < 4.78 is 12.4. The van der Waals surface area contributed by atoms with Crippen molar-refractivity contribution in [1.29, 1.82) is 5.26 Å². The highest BCUT2D eigenvalue weighted by Gasteiger charge is 2.25. The lowest BCUT2D eigenvalue weighted by atomic mass is 10.1. The van der Waals surface area contributed by atoms with E-state index in [-0.39, 0.29) is 45.8 Å². The first kappa shape index (κ1) is 23.9. The molecular formula is C25H23N5O4S. The first-order chi connectivity index (χ1) is 16.8. The largest absolute Gasteiger partial charge is 0.462 e. The number of pyridine rings is 1. The van der Waals surface area contributed by atoms with Crippen LogP contribution in [0.5, 0.6) is 0 Å². The predicted molar refractivity (Wildman–Crippen MR) is 132 cm³/mol. The number of ether oxygens (including phenoxy) is 2. The van der Waals surface area contributed by atoms with Crippen LogP contribution in [0, 0.1) is 11.3 Å². The van der Waals surface area contributed by atoms with E-state index in [4.69, 9.17) is 20.2 Å². The van der Waals surface area contributed by atoms with Crippen LogP contribution in [0.25, 0.3) is 22.3 Å². The van der Waals surface area contributed by atoms with E-state index in [0.29, 0.717) is 16.7 Å². The van der Waals surface area contributed by atoms with Crippen molar-refractivity contribution >= 4 is 39.3 Å². The fraction of sp³-hybridized carbons (Fsp3) is 0.240. The summed E-state index contributed by atoms with van der Waals surface area (Å²) >= 11 is 0.936. The number of aromatic nitrogens is 3. The molecule has 0 atom stereocenters. The van der Waals surface area contributed by atoms with Crippen molar-refractivity contribution in [2.45, 2.75) is 33.4 Å². The Balaban J connectivity index is 1.74. The number of fused-ring (bicyclic) bond motifs is 1. The van der Waals surface area contributed by atoms with E-state index >= 15 is 0 Å². The highest BCUT2D eigenvalue weighted by atomic mass is 32.1. The Morgan fingerprint density at radius 3 is 2.60 bits per heavy atom. The lowest BCUT2D eigenvalue weighted by Crippen LogP contribution is -2.11. The number of anilines is 1. The Morgan fingerprint density at radius 2 is 1.94 bits per heavy atom. The molecule has 0 saturated carbocycles. The SMILES string of the molecule is CCOC(=O)c1sc(N)c(C#N)c1COC(=O)c1cc(-c2ccccc2)nc2c1cnn2C(C)C. The Morgan fingerprint density at radius 1 is 1.20 bits per heavy atom. The van der Waals surface area contributed by atoms with Crippen LogP contribution in [-0.4, -0.2) is 33.3 Å². The van der Waals surface area contributed by atoms with E-state index in [1.54, 1.807) is 23.9 Å². The van der Waals surface area contributed by atoms with E-state index in [1.807, 2.05) is 50.2 Å². The van der Waals surface area contributed by atoms with Crippen LogP contribution in [0.1, 0.15) is 58.0 Å². The maximum Gasteiger partial charge on any atom is 0.348 e. The van der Waals surface area contributed by atoms with Gasteiger partial charge in [0.1, 0.15) is 22.6 Å². The Kier molecular flexibility index (Phi) is 6.80. The first-order valence-corrected chi connectivity index (χ1v) is 11.8. The van der Waals surface area contributed by atoms with E-state index in [2.05, 4.69) is 5.10 Å². The minimum absolute atomic E-state index is 0.0222. The quantitative estimate of drug-likeness (QED) is 0.368. The molecule has 2 N–H and O–H groups in total. The summed E-state index contributed by atoms with van der Waals surface area (Å²) in [4.78, 5) is 30.6. The highest BCUT2D eigenvalue weighted by molar-refractivity contribution is 7.18. The molecule has 3 aromatic heterocycles. The van der Waals surface area contributed by atoms with Gasteiger partial charge in [-0.2, -0.15) is 10.4 Å². The van der Waals surface area contributed by atoms with Gasteiger partial charge < -0.3 is 15.2 Å². The summed E-state index contributed by atoms with van der Waals surface area (Å²) in [6.45, 7) is 5.47. The molecule has 0 aliphatic rings. The molecule has 0 saturated heterocycles. The number of hydrogen-bond donors (Lipinski definition) is 1. The molecule has 35 heavy (non-hydrogen) atoms. The van der Waals surface area contributed by atoms with Crippen LogP contribution in [0.4, 0.5) is 5.00 Å². The predicted octanol–water partition coefficient (Wildman–Crippen LogP) is 4.73. The summed E-state index contributed by atoms with van der Waals surface area (Å²) in [5, 5.41) is 14.6. The fourth-order valence-corrected chi connectivity index (χ4v) is 4.56. The third kappa shape index (κ3) is 4.58. The molecule has 0 unspecified atom stereocenters. The lowest BCUT2D eigenvalue weighted by Gasteiger charge is -2.11. The smallest absolute Gasteiger partial charge is 0.348 e. The monoisotopic (exact) mass is 489 g/mol. The van der Waals surface area contributed by atoms with Crippen molar-refractivity contribution in [3.63, 3.8) is 0 Å². The van der Waals surface area contributed by atoms with Gasteiger partial charge in [0.15, 0.2) is 5.65 Å². The Hall–Kier alpha value is -4.23. The molecule has 1 aromatic carbocycles. The minimum atomic E-state index is -0.638. The number of nitriles is 1. The van der Waals surface area contributed by atoms with Gasteiger partial charge >= 0.3 is 11.9 Å². The molecule has 4 rings (SSSR count). The summed E-state index contributed by atoms with van der Waals surface area (Å²) in [6.07, 6.45) is 1.58. The van der Waals surface area contributed by atoms with Gasteiger partial charge in [-0.1, -0.05) is 30.3 Å². The zero-order valence-electron chi connectivity index (χ0n) is 19.4. The van der Waals surface area contributed by atoms with Gasteiger partial charge in [-0.25, -0.2) is 19.3 Å². The van der Waals surface area contributed by atoms with Crippen molar-refractivity contribution in [2.75, 3.05) is 12.3 Å². The standard InChI is InChI=1S/C25H23N5O4S/c1-4-33-25(32)21-19(17(11-26)22(27)35-21)13-34-24(31)16-10-20(15-8-6-5-7-9-15)29-23-18(16)12-28-30(23)14(2)3/h5-10,12,14H,4,13,27H2,1-3H3. The molecular weight excluding hydrogens is 466 g/mol. The second-order valence-corrected chi connectivity index (χ2v) is 8.95. The molecule has 0 radical (unpaired) electrons.